The number of benzene rings is 1. The smallest absolute Gasteiger partial charge is 0.222 e. The van der Waals surface area contributed by atoms with Crippen molar-refractivity contribution < 1.29 is 4.79 Å². The standard InChI is InChI=1S/C14H21BrN2OS/c1-3-17(4-2)14(18)6-5-9-19-13-10-11(15)7-8-12(13)16/h7-8,10H,3-6,9,16H2,1-2H3. The molecule has 0 aliphatic rings. The minimum Gasteiger partial charge on any atom is -0.398 e. The number of carbonyl (C=O) groups excluding carboxylic acids is 1. The fourth-order valence-electron chi connectivity index (χ4n) is 1.77. The van der Waals surface area contributed by atoms with Gasteiger partial charge in [-0.3, -0.25) is 4.79 Å². The first kappa shape index (κ1) is 16.4. The third-order valence-corrected chi connectivity index (χ3v) is 4.53. The second-order valence-electron chi connectivity index (χ2n) is 4.20. The van der Waals surface area contributed by atoms with Gasteiger partial charge in [0.1, 0.15) is 0 Å². The highest BCUT2D eigenvalue weighted by Crippen LogP contribution is 2.28. The molecule has 0 bridgehead atoms. The van der Waals surface area contributed by atoms with E-state index in [4.69, 9.17) is 5.73 Å². The molecule has 0 saturated heterocycles. The van der Waals surface area contributed by atoms with Gasteiger partial charge in [-0.05, 0) is 44.2 Å². The number of halogens is 1. The van der Waals surface area contributed by atoms with E-state index in [-0.39, 0.29) is 5.91 Å². The zero-order chi connectivity index (χ0) is 14.3. The number of rotatable bonds is 7. The lowest BCUT2D eigenvalue weighted by atomic mass is 10.3. The summed E-state index contributed by atoms with van der Waals surface area (Å²) in [5.41, 5.74) is 6.70. The molecule has 0 atom stereocenters. The van der Waals surface area contributed by atoms with Crippen LogP contribution < -0.4 is 5.73 Å². The molecule has 19 heavy (non-hydrogen) atoms. The molecule has 1 amide bonds. The second kappa shape index (κ2) is 8.48. The molecular weight excluding hydrogens is 324 g/mol. The molecule has 0 saturated carbocycles. The highest BCUT2D eigenvalue weighted by molar-refractivity contribution is 9.10. The Kier molecular flexibility index (Phi) is 7.31. The number of carbonyl (C=O) groups is 1. The molecule has 0 heterocycles. The van der Waals surface area contributed by atoms with Crippen molar-refractivity contribution in [2.24, 2.45) is 0 Å². The predicted molar refractivity (Wildman–Crippen MR) is 86.4 cm³/mol. The zero-order valence-electron chi connectivity index (χ0n) is 11.5. The molecule has 0 unspecified atom stereocenters. The van der Waals surface area contributed by atoms with Crippen molar-refractivity contribution in [2.45, 2.75) is 31.6 Å². The molecule has 2 N–H and O–H groups in total. The number of nitrogens with zero attached hydrogens (tertiary/aromatic N) is 1. The van der Waals surface area contributed by atoms with E-state index in [1.54, 1.807) is 11.8 Å². The molecule has 0 fully saturated rings. The zero-order valence-corrected chi connectivity index (χ0v) is 13.9. The van der Waals surface area contributed by atoms with Crippen LogP contribution in [0.2, 0.25) is 0 Å². The van der Waals surface area contributed by atoms with Gasteiger partial charge in [-0.15, -0.1) is 11.8 Å². The van der Waals surface area contributed by atoms with Crippen LogP contribution in [0.15, 0.2) is 27.6 Å². The van der Waals surface area contributed by atoms with Gasteiger partial charge < -0.3 is 10.6 Å². The van der Waals surface area contributed by atoms with E-state index in [0.717, 1.165) is 40.3 Å². The molecule has 5 heteroatoms. The van der Waals surface area contributed by atoms with Crippen LogP contribution in [0, 0.1) is 0 Å². The number of hydrogen-bond acceptors (Lipinski definition) is 3. The van der Waals surface area contributed by atoms with Crippen LogP contribution in [0.25, 0.3) is 0 Å². The summed E-state index contributed by atoms with van der Waals surface area (Å²) in [6.45, 7) is 5.61. The van der Waals surface area contributed by atoms with Crippen LogP contribution in [0.5, 0.6) is 0 Å². The van der Waals surface area contributed by atoms with Gasteiger partial charge in [0.05, 0.1) is 0 Å². The quantitative estimate of drug-likeness (QED) is 0.465. The Bertz CT molecular complexity index is 422. The van der Waals surface area contributed by atoms with Crippen LogP contribution in [-0.4, -0.2) is 29.6 Å². The topological polar surface area (TPSA) is 46.3 Å². The summed E-state index contributed by atoms with van der Waals surface area (Å²) in [5, 5.41) is 0. The maximum atomic E-state index is 11.8. The van der Waals surface area contributed by atoms with Gasteiger partial charge in [-0.2, -0.15) is 0 Å². The first-order valence-corrected chi connectivity index (χ1v) is 8.32. The van der Waals surface area contributed by atoms with Gasteiger partial charge in [0.25, 0.3) is 0 Å². The summed E-state index contributed by atoms with van der Waals surface area (Å²) in [4.78, 5) is 14.8. The van der Waals surface area contributed by atoms with Gasteiger partial charge in [-0.1, -0.05) is 15.9 Å². The normalized spacial score (nSPS) is 10.5. The van der Waals surface area contributed by atoms with Gasteiger partial charge >= 0.3 is 0 Å². The molecule has 1 aromatic rings. The van der Waals surface area contributed by atoms with E-state index in [1.807, 2.05) is 36.9 Å². The molecule has 106 valence electrons. The Morgan fingerprint density at radius 2 is 2.05 bits per heavy atom. The van der Waals surface area contributed by atoms with Crippen LogP contribution in [0.1, 0.15) is 26.7 Å². The van der Waals surface area contributed by atoms with Crippen LogP contribution in [0.3, 0.4) is 0 Å². The number of thioether (sulfide) groups is 1. The SMILES string of the molecule is CCN(CC)C(=O)CCCSc1cc(Br)ccc1N. The van der Waals surface area contributed by atoms with Crippen LogP contribution >= 0.6 is 27.7 Å². The number of hydrogen-bond donors (Lipinski definition) is 1. The molecule has 0 aliphatic heterocycles. The van der Waals surface area contributed by atoms with Crippen molar-refractivity contribution in [3.05, 3.63) is 22.7 Å². The van der Waals surface area contributed by atoms with Crippen molar-refractivity contribution in [1.29, 1.82) is 0 Å². The molecule has 1 rings (SSSR count). The van der Waals surface area contributed by atoms with E-state index >= 15 is 0 Å². The first-order valence-electron chi connectivity index (χ1n) is 6.54. The summed E-state index contributed by atoms with van der Waals surface area (Å²) < 4.78 is 1.03. The minimum absolute atomic E-state index is 0.243. The maximum absolute atomic E-state index is 11.8. The van der Waals surface area contributed by atoms with Crippen molar-refractivity contribution in [3.8, 4) is 0 Å². The lowest BCUT2D eigenvalue weighted by Gasteiger charge is -2.18. The summed E-state index contributed by atoms with van der Waals surface area (Å²) in [6, 6.07) is 5.85. The fourth-order valence-corrected chi connectivity index (χ4v) is 3.24. The van der Waals surface area contributed by atoms with Crippen molar-refractivity contribution in [2.75, 3.05) is 24.6 Å². The van der Waals surface area contributed by atoms with E-state index in [2.05, 4.69) is 15.9 Å². The van der Waals surface area contributed by atoms with Crippen LogP contribution in [0.4, 0.5) is 5.69 Å². The third kappa shape index (κ3) is 5.45. The van der Waals surface area contributed by atoms with Gasteiger partial charge in [0.2, 0.25) is 5.91 Å². The summed E-state index contributed by atoms with van der Waals surface area (Å²) in [5.74, 6) is 1.15. The van der Waals surface area contributed by atoms with Crippen molar-refractivity contribution >= 4 is 39.3 Å². The summed E-state index contributed by atoms with van der Waals surface area (Å²) >= 11 is 5.14. The molecule has 1 aromatic carbocycles. The molecule has 0 aromatic heterocycles. The molecule has 0 radical (unpaired) electrons. The molecule has 0 aliphatic carbocycles. The Morgan fingerprint density at radius 1 is 1.37 bits per heavy atom. The lowest BCUT2D eigenvalue weighted by Crippen LogP contribution is -2.30. The average Bonchev–Trinajstić information content (AvgIpc) is 2.40. The Balaban J connectivity index is 2.35. The highest BCUT2D eigenvalue weighted by atomic mass is 79.9. The number of anilines is 1. The summed E-state index contributed by atoms with van der Waals surface area (Å²) in [6.07, 6.45) is 1.49. The van der Waals surface area contributed by atoms with E-state index in [1.165, 1.54) is 0 Å². The van der Waals surface area contributed by atoms with E-state index in [9.17, 15) is 4.79 Å². The number of nitrogen functional groups attached to an aromatic ring is 1. The van der Waals surface area contributed by atoms with Gasteiger partial charge in [0.15, 0.2) is 0 Å². The molecule has 0 spiro atoms. The molecular formula is C14H21BrN2OS. The van der Waals surface area contributed by atoms with E-state index in [0.29, 0.717) is 6.42 Å². The Hall–Kier alpha value is -0.680. The number of nitrogens with two attached hydrogens (primary N) is 1. The van der Waals surface area contributed by atoms with Crippen molar-refractivity contribution in [1.82, 2.24) is 4.90 Å². The monoisotopic (exact) mass is 344 g/mol. The Labute approximate surface area is 128 Å². The van der Waals surface area contributed by atoms with Crippen molar-refractivity contribution in [3.63, 3.8) is 0 Å². The second-order valence-corrected chi connectivity index (χ2v) is 6.25. The third-order valence-electron chi connectivity index (χ3n) is 2.88. The first-order chi connectivity index (χ1) is 9.08. The lowest BCUT2D eigenvalue weighted by molar-refractivity contribution is -0.130. The number of amides is 1. The highest BCUT2D eigenvalue weighted by Gasteiger charge is 2.09. The maximum Gasteiger partial charge on any atom is 0.222 e. The predicted octanol–water partition coefficient (Wildman–Crippen LogP) is 3.77. The van der Waals surface area contributed by atoms with Crippen LogP contribution in [-0.2, 0) is 4.79 Å². The average molecular weight is 345 g/mol. The molecule has 3 nitrogen and oxygen atoms in total. The largest absolute Gasteiger partial charge is 0.398 e. The fraction of sp³-hybridized carbons (Fsp3) is 0.500. The van der Waals surface area contributed by atoms with Gasteiger partial charge in [-0.25, -0.2) is 0 Å². The van der Waals surface area contributed by atoms with E-state index < -0.39 is 0 Å². The minimum atomic E-state index is 0.243. The van der Waals surface area contributed by atoms with Gasteiger partial charge in [0, 0.05) is 34.6 Å². The Morgan fingerprint density at radius 3 is 2.68 bits per heavy atom. The summed E-state index contributed by atoms with van der Waals surface area (Å²) in [7, 11) is 0.